The molecule has 0 aliphatic carbocycles. The van der Waals surface area contributed by atoms with Crippen molar-refractivity contribution in [1.82, 2.24) is 4.98 Å². The van der Waals surface area contributed by atoms with Crippen LogP contribution in [0.5, 0.6) is 0 Å². The summed E-state index contributed by atoms with van der Waals surface area (Å²) in [4.78, 5) is 27.1. The molecule has 0 atom stereocenters. The second-order valence-electron chi connectivity index (χ2n) is 3.15. The molecule has 0 unspecified atom stereocenters. The second kappa shape index (κ2) is 3.69. The third kappa shape index (κ3) is 1.90. The lowest BCUT2D eigenvalue weighted by Gasteiger charge is -2.13. The molecule has 0 radical (unpaired) electrons. The number of hydrogen-bond acceptors (Lipinski definition) is 3. The lowest BCUT2D eigenvalue weighted by atomic mass is 10.3. The number of aromatic nitrogens is 1. The molecule has 1 amide bonds. The number of pyridine rings is 1. The van der Waals surface area contributed by atoms with Gasteiger partial charge in [0.2, 0.25) is 5.91 Å². The number of carbonyl (C=O) groups is 2. The molecule has 78 valence electrons. The number of halogens is 2. The monoisotopic (exact) mass is 272 g/mol. The number of carbonyl (C=O) groups excluding carboxylic acids is 2. The summed E-state index contributed by atoms with van der Waals surface area (Å²) < 4.78 is 13.9. The summed E-state index contributed by atoms with van der Waals surface area (Å²) in [7, 11) is 0. The number of Topliss-reactive ketones (excluding diaryl/α,β-unsaturated/α-hetero) is 1. The minimum Gasteiger partial charge on any atom is -0.297 e. The van der Waals surface area contributed by atoms with Crippen LogP contribution in [0.15, 0.2) is 16.7 Å². The van der Waals surface area contributed by atoms with Gasteiger partial charge in [-0.25, -0.2) is 9.37 Å². The highest BCUT2D eigenvalue weighted by molar-refractivity contribution is 9.10. The van der Waals surface area contributed by atoms with Gasteiger partial charge in [-0.1, -0.05) is 0 Å². The Morgan fingerprint density at radius 3 is 2.73 bits per heavy atom. The molecular weight excluding hydrogens is 267 g/mol. The van der Waals surface area contributed by atoms with E-state index in [4.69, 9.17) is 0 Å². The van der Waals surface area contributed by atoms with Crippen LogP contribution in [-0.2, 0) is 9.59 Å². The maximum absolute atomic E-state index is 13.4. The average Bonchev–Trinajstić information content (AvgIpc) is 2.45. The largest absolute Gasteiger partial charge is 0.297 e. The van der Waals surface area contributed by atoms with Crippen molar-refractivity contribution in [3.05, 3.63) is 22.6 Å². The normalized spacial score (nSPS) is 16.3. The van der Waals surface area contributed by atoms with Crippen LogP contribution >= 0.6 is 15.9 Å². The Morgan fingerprint density at radius 2 is 2.20 bits per heavy atom. The summed E-state index contributed by atoms with van der Waals surface area (Å²) in [6.45, 7) is -0.0929. The van der Waals surface area contributed by atoms with Gasteiger partial charge in [0.1, 0.15) is 0 Å². The molecule has 0 spiro atoms. The summed E-state index contributed by atoms with van der Waals surface area (Å²) in [5.74, 6) is -1.33. The van der Waals surface area contributed by atoms with E-state index in [-0.39, 0.29) is 24.6 Å². The van der Waals surface area contributed by atoms with E-state index in [0.717, 1.165) is 4.90 Å². The van der Waals surface area contributed by atoms with Gasteiger partial charge in [0.25, 0.3) is 0 Å². The standard InChI is InChI=1S/C9H6BrFN2O2/c10-5-1-7(11)9(12-3-5)13-4-6(14)2-8(13)15/h1,3H,2,4H2. The molecule has 1 aromatic heterocycles. The predicted molar refractivity (Wildman–Crippen MR) is 53.9 cm³/mol. The molecule has 0 bridgehead atoms. The third-order valence-electron chi connectivity index (χ3n) is 2.03. The number of amides is 1. The molecule has 6 heteroatoms. The number of nitrogens with zero attached hydrogens (tertiary/aromatic N) is 2. The van der Waals surface area contributed by atoms with Crippen molar-refractivity contribution >= 4 is 33.4 Å². The van der Waals surface area contributed by atoms with Crippen LogP contribution in [-0.4, -0.2) is 23.2 Å². The lowest BCUT2D eigenvalue weighted by molar-refractivity contribution is -0.121. The number of hydrogen-bond donors (Lipinski definition) is 0. The van der Waals surface area contributed by atoms with Gasteiger partial charge in [0, 0.05) is 10.7 Å². The van der Waals surface area contributed by atoms with Crippen molar-refractivity contribution in [3.8, 4) is 0 Å². The smallest absolute Gasteiger partial charge is 0.236 e. The molecule has 15 heavy (non-hydrogen) atoms. The van der Waals surface area contributed by atoms with Gasteiger partial charge in [0.15, 0.2) is 17.4 Å². The summed E-state index contributed by atoms with van der Waals surface area (Å²) in [5.41, 5.74) is 0. The second-order valence-corrected chi connectivity index (χ2v) is 4.07. The zero-order valence-electron chi connectivity index (χ0n) is 7.54. The van der Waals surface area contributed by atoms with Gasteiger partial charge in [0.05, 0.1) is 13.0 Å². The van der Waals surface area contributed by atoms with Crippen molar-refractivity contribution in [2.45, 2.75) is 6.42 Å². The minimum atomic E-state index is -0.618. The van der Waals surface area contributed by atoms with Crippen molar-refractivity contribution in [2.75, 3.05) is 11.4 Å². The molecule has 1 fully saturated rings. The first kappa shape index (κ1) is 10.2. The van der Waals surface area contributed by atoms with E-state index in [1.807, 2.05) is 0 Å². The molecule has 2 heterocycles. The van der Waals surface area contributed by atoms with Crippen LogP contribution in [0.2, 0.25) is 0 Å². The molecule has 4 nitrogen and oxygen atoms in total. The SMILES string of the molecule is O=C1CC(=O)N(c2ncc(Br)cc2F)C1. The first-order chi connectivity index (χ1) is 7.08. The van der Waals surface area contributed by atoms with Crippen LogP contribution < -0.4 is 4.90 Å². The van der Waals surface area contributed by atoms with Gasteiger partial charge in [-0.15, -0.1) is 0 Å². The van der Waals surface area contributed by atoms with Crippen LogP contribution in [0.25, 0.3) is 0 Å². The van der Waals surface area contributed by atoms with Crippen LogP contribution in [0.1, 0.15) is 6.42 Å². The number of ketones is 1. The quantitative estimate of drug-likeness (QED) is 0.724. The third-order valence-corrected chi connectivity index (χ3v) is 2.46. The molecule has 1 aliphatic heterocycles. The molecule has 0 N–H and O–H groups in total. The Labute approximate surface area is 93.2 Å². The topological polar surface area (TPSA) is 50.3 Å². The van der Waals surface area contributed by atoms with E-state index in [2.05, 4.69) is 20.9 Å². The van der Waals surface area contributed by atoms with Crippen molar-refractivity contribution in [2.24, 2.45) is 0 Å². The van der Waals surface area contributed by atoms with E-state index in [0.29, 0.717) is 4.47 Å². The fraction of sp³-hybridized carbons (Fsp3) is 0.222. The average molecular weight is 273 g/mol. The van der Waals surface area contributed by atoms with Gasteiger partial charge < -0.3 is 0 Å². The molecule has 1 aromatic rings. The van der Waals surface area contributed by atoms with Gasteiger partial charge in [-0.2, -0.15) is 0 Å². The molecule has 2 rings (SSSR count). The van der Waals surface area contributed by atoms with Crippen LogP contribution in [0.4, 0.5) is 10.2 Å². The zero-order valence-corrected chi connectivity index (χ0v) is 9.12. The van der Waals surface area contributed by atoms with Crippen molar-refractivity contribution in [1.29, 1.82) is 0 Å². The first-order valence-electron chi connectivity index (χ1n) is 4.21. The Balaban J connectivity index is 2.38. The van der Waals surface area contributed by atoms with Gasteiger partial charge >= 0.3 is 0 Å². The van der Waals surface area contributed by atoms with Crippen LogP contribution in [0, 0.1) is 5.82 Å². The van der Waals surface area contributed by atoms with Crippen molar-refractivity contribution < 1.29 is 14.0 Å². The fourth-order valence-corrected chi connectivity index (χ4v) is 1.69. The highest BCUT2D eigenvalue weighted by atomic mass is 79.9. The summed E-state index contributed by atoms with van der Waals surface area (Å²) >= 11 is 3.06. The predicted octanol–water partition coefficient (Wildman–Crippen LogP) is 1.29. The highest BCUT2D eigenvalue weighted by Crippen LogP contribution is 2.22. The molecule has 1 saturated heterocycles. The Hall–Kier alpha value is -1.30. The van der Waals surface area contributed by atoms with E-state index < -0.39 is 11.7 Å². The maximum atomic E-state index is 13.4. The molecule has 0 saturated carbocycles. The van der Waals surface area contributed by atoms with Gasteiger partial charge in [-0.3, -0.25) is 14.5 Å². The molecule has 1 aliphatic rings. The molecular formula is C9H6BrFN2O2. The summed E-state index contributed by atoms with van der Waals surface area (Å²) in [5, 5.41) is 0. The highest BCUT2D eigenvalue weighted by Gasteiger charge is 2.31. The van der Waals surface area contributed by atoms with Crippen molar-refractivity contribution in [3.63, 3.8) is 0 Å². The fourth-order valence-electron chi connectivity index (χ4n) is 1.38. The van der Waals surface area contributed by atoms with E-state index >= 15 is 0 Å². The van der Waals surface area contributed by atoms with E-state index in [1.54, 1.807) is 0 Å². The molecule has 0 aromatic carbocycles. The lowest BCUT2D eigenvalue weighted by Crippen LogP contribution is -2.26. The summed E-state index contributed by atoms with van der Waals surface area (Å²) in [6.07, 6.45) is 1.21. The van der Waals surface area contributed by atoms with E-state index in [1.165, 1.54) is 12.3 Å². The van der Waals surface area contributed by atoms with E-state index in [9.17, 15) is 14.0 Å². The van der Waals surface area contributed by atoms with Crippen LogP contribution in [0.3, 0.4) is 0 Å². The minimum absolute atomic E-state index is 0.0888. The Morgan fingerprint density at radius 1 is 1.47 bits per heavy atom. The number of anilines is 1. The maximum Gasteiger partial charge on any atom is 0.236 e. The summed E-state index contributed by atoms with van der Waals surface area (Å²) in [6, 6.07) is 1.21. The number of rotatable bonds is 1. The Bertz CT molecular complexity index is 450. The first-order valence-corrected chi connectivity index (χ1v) is 5.00. The Kier molecular flexibility index (Phi) is 2.52. The zero-order chi connectivity index (χ0) is 11.0. The van der Waals surface area contributed by atoms with Gasteiger partial charge in [-0.05, 0) is 22.0 Å².